The molecule has 0 saturated carbocycles. The Labute approximate surface area is 117 Å². The molecule has 0 spiro atoms. The molecular formula is C14H18N4O2. The van der Waals surface area contributed by atoms with Crippen LogP contribution in [0.5, 0.6) is 0 Å². The highest BCUT2D eigenvalue weighted by molar-refractivity contribution is 5.92. The van der Waals surface area contributed by atoms with E-state index in [-0.39, 0.29) is 12.5 Å². The molecule has 0 fully saturated rings. The van der Waals surface area contributed by atoms with Gasteiger partial charge in [-0.05, 0) is 24.3 Å². The maximum Gasteiger partial charge on any atom is 0.238 e. The maximum absolute atomic E-state index is 11.7. The monoisotopic (exact) mass is 274 g/mol. The van der Waals surface area contributed by atoms with Gasteiger partial charge in [-0.2, -0.15) is 5.10 Å². The van der Waals surface area contributed by atoms with Crippen LogP contribution in [0.1, 0.15) is 0 Å². The quantitative estimate of drug-likeness (QED) is 0.740. The Hall–Kier alpha value is -2.18. The first-order valence-electron chi connectivity index (χ1n) is 6.39. The van der Waals surface area contributed by atoms with E-state index in [1.165, 1.54) is 0 Å². The second kappa shape index (κ2) is 7.42. The largest absolute Gasteiger partial charge is 0.383 e. The summed E-state index contributed by atoms with van der Waals surface area (Å²) in [6, 6.07) is 9.38. The molecule has 6 nitrogen and oxygen atoms in total. The van der Waals surface area contributed by atoms with Crippen molar-refractivity contribution in [1.82, 2.24) is 15.1 Å². The molecule has 0 bridgehead atoms. The van der Waals surface area contributed by atoms with Gasteiger partial charge in [-0.15, -0.1) is 0 Å². The molecular weight excluding hydrogens is 256 g/mol. The minimum atomic E-state index is -0.0845. The highest BCUT2D eigenvalue weighted by Gasteiger charge is 2.03. The Morgan fingerprint density at radius 3 is 3.05 bits per heavy atom. The standard InChI is InChI=1S/C14H18N4O2/c1-20-9-7-15-11-14(19)17-12-4-2-5-13(10-12)18-8-3-6-16-18/h2-6,8,10,15H,7,9,11H2,1H3,(H,17,19). The molecule has 0 aliphatic carbocycles. The highest BCUT2D eigenvalue weighted by atomic mass is 16.5. The van der Waals surface area contributed by atoms with E-state index >= 15 is 0 Å². The van der Waals surface area contributed by atoms with Crippen LogP contribution in [0, 0.1) is 0 Å². The number of anilines is 1. The van der Waals surface area contributed by atoms with Crippen molar-refractivity contribution in [2.45, 2.75) is 0 Å². The lowest BCUT2D eigenvalue weighted by atomic mass is 10.2. The average Bonchev–Trinajstić information content (AvgIpc) is 2.98. The lowest BCUT2D eigenvalue weighted by molar-refractivity contribution is -0.115. The van der Waals surface area contributed by atoms with E-state index in [1.54, 1.807) is 18.0 Å². The molecule has 0 saturated heterocycles. The van der Waals surface area contributed by atoms with Gasteiger partial charge < -0.3 is 15.4 Å². The molecule has 1 aromatic carbocycles. The number of hydrogen-bond acceptors (Lipinski definition) is 4. The Kier molecular flexibility index (Phi) is 5.28. The molecule has 20 heavy (non-hydrogen) atoms. The topological polar surface area (TPSA) is 68.2 Å². The second-order valence-corrected chi connectivity index (χ2v) is 4.22. The van der Waals surface area contributed by atoms with Crippen LogP contribution >= 0.6 is 0 Å². The zero-order valence-electron chi connectivity index (χ0n) is 11.4. The number of carbonyl (C=O) groups is 1. The maximum atomic E-state index is 11.7. The van der Waals surface area contributed by atoms with Crippen LogP contribution in [0.25, 0.3) is 5.69 Å². The molecule has 0 aliphatic rings. The summed E-state index contributed by atoms with van der Waals surface area (Å²) in [7, 11) is 1.63. The number of aromatic nitrogens is 2. The van der Waals surface area contributed by atoms with Gasteiger partial charge in [0.05, 0.1) is 18.8 Å². The third kappa shape index (κ3) is 4.18. The molecule has 0 atom stereocenters. The van der Waals surface area contributed by atoms with Crippen molar-refractivity contribution in [3.05, 3.63) is 42.7 Å². The summed E-state index contributed by atoms with van der Waals surface area (Å²) < 4.78 is 6.64. The van der Waals surface area contributed by atoms with E-state index in [2.05, 4.69) is 15.7 Å². The molecule has 106 valence electrons. The van der Waals surface area contributed by atoms with Gasteiger partial charge in [-0.1, -0.05) is 6.07 Å². The Morgan fingerprint density at radius 2 is 2.30 bits per heavy atom. The van der Waals surface area contributed by atoms with Crippen molar-refractivity contribution in [3.8, 4) is 5.69 Å². The number of nitrogens with zero attached hydrogens (tertiary/aromatic N) is 2. The van der Waals surface area contributed by atoms with Gasteiger partial charge in [0.15, 0.2) is 0 Å². The van der Waals surface area contributed by atoms with E-state index in [9.17, 15) is 4.79 Å². The molecule has 2 N–H and O–H groups in total. The zero-order chi connectivity index (χ0) is 14.2. The van der Waals surface area contributed by atoms with E-state index in [0.717, 1.165) is 11.4 Å². The zero-order valence-corrected chi connectivity index (χ0v) is 11.4. The van der Waals surface area contributed by atoms with Crippen molar-refractivity contribution in [1.29, 1.82) is 0 Å². The van der Waals surface area contributed by atoms with Crippen LogP contribution in [-0.2, 0) is 9.53 Å². The van der Waals surface area contributed by atoms with Crippen molar-refractivity contribution in [2.24, 2.45) is 0 Å². The minimum absolute atomic E-state index is 0.0845. The fourth-order valence-electron chi connectivity index (χ4n) is 1.73. The number of methoxy groups -OCH3 is 1. The van der Waals surface area contributed by atoms with Gasteiger partial charge in [0.1, 0.15) is 0 Å². The Morgan fingerprint density at radius 1 is 1.40 bits per heavy atom. The van der Waals surface area contributed by atoms with Crippen LogP contribution in [0.3, 0.4) is 0 Å². The van der Waals surface area contributed by atoms with Crippen LogP contribution < -0.4 is 10.6 Å². The fraction of sp³-hybridized carbons (Fsp3) is 0.286. The number of amides is 1. The van der Waals surface area contributed by atoms with E-state index in [4.69, 9.17) is 4.74 Å². The van der Waals surface area contributed by atoms with Crippen molar-refractivity contribution in [3.63, 3.8) is 0 Å². The average molecular weight is 274 g/mol. The molecule has 1 aromatic heterocycles. The summed E-state index contributed by atoms with van der Waals surface area (Å²) >= 11 is 0. The van der Waals surface area contributed by atoms with Gasteiger partial charge in [0, 0.05) is 31.7 Å². The number of hydrogen-bond donors (Lipinski definition) is 2. The van der Waals surface area contributed by atoms with Crippen LogP contribution in [0.4, 0.5) is 5.69 Å². The summed E-state index contributed by atoms with van der Waals surface area (Å²) in [6.07, 6.45) is 3.57. The summed E-state index contributed by atoms with van der Waals surface area (Å²) in [5, 5.41) is 9.99. The first-order valence-corrected chi connectivity index (χ1v) is 6.39. The van der Waals surface area contributed by atoms with Crippen molar-refractivity contribution >= 4 is 11.6 Å². The number of nitrogens with one attached hydrogen (secondary N) is 2. The fourth-order valence-corrected chi connectivity index (χ4v) is 1.73. The summed E-state index contributed by atoms with van der Waals surface area (Å²) in [5.74, 6) is -0.0845. The Balaban J connectivity index is 1.90. The van der Waals surface area contributed by atoms with E-state index < -0.39 is 0 Å². The van der Waals surface area contributed by atoms with Gasteiger partial charge in [-0.3, -0.25) is 4.79 Å². The molecule has 6 heteroatoms. The van der Waals surface area contributed by atoms with Crippen LogP contribution in [0.2, 0.25) is 0 Å². The lowest BCUT2D eigenvalue weighted by Crippen LogP contribution is -2.30. The normalized spacial score (nSPS) is 10.4. The summed E-state index contributed by atoms with van der Waals surface area (Å²) in [4.78, 5) is 11.7. The first kappa shape index (κ1) is 14.2. The molecule has 2 rings (SSSR count). The predicted molar refractivity (Wildman–Crippen MR) is 76.9 cm³/mol. The number of benzene rings is 1. The lowest BCUT2D eigenvalue weighted by Gasteiger charge is -2.08. The SMILES string of the molecule is COCCNCC(=O)Nc1cccc(-n2cccn2)c1. The molecule has 1 heterocycles. The Bertz CT molecular complexity index is 540. The molecule has 0 radical (unpaired) electrons. The van der Waals surface area contributed by atoms with Crippen molar-refractivity contribution in [2.75, 3.05) is 32.1 Å². The highest BCUT2D eigenvalue weighted by Crippen LogP contribution is 2.13. The van der Waals surface area contributed by atoms with Gasteiger partial charge in [0.25, 0.3) is 0 Å². The number of ether oxygens (including phenoxy) is 1. The second-order valence-electron chi connectivity index (χ2n) is 4.22. The molecule has 0 unspecified atom stereocenters. The molecule has 2 aromatic rings. The summed E-state index contributed by atoms with van der Waals surface area (Å²) in [5.41, 5.74) is 1.65. The van der Waals surface area contributed by atoms with E-state index in [0.29, 0.717) is 13.2 Å². The van der Waals surface area contributed by atoms with Crippen molar-refractivity contribution < 1.29 is 9.53 Å². The smallest absolute Gasteiger partial charge is 0.238 e. The third-order valence-corrected chi connectivity index (χ3v) is 2.67. The number of rotatable bonds is 7. The minimum Gasteiger partial charge on any atom is -0.383 e. The molecule has 0 aliphatic heterocycles. The van der Waals surface area contributed by atoms with Gasteiger partial charge in [0.2, 0.25) is 5.91 Å². The van der Waals surface area contributed by atoms with Gasteiger partial charge >= 0.3 is 0 Å². The first-order chi connectivity index (χ1) is 9.79. The molecule has 1 amide bonds. The van der Waals surface area contributed by atoms with E-state index in [1.807, 2.05) is 36.5 Å². The van der Waals surface area contributed by atoms with Gasteiger partial charge in [-0.25, -0.2) is 4.68 Å². The predicted octanol–water partition coefficient (Wildman–Crippen LogP) is 1.05. The third-order valence-electron chi connectivity index (χ3n) is 2.67. The number of carbonyl (C=O) groups excluding carboxylic acids is 1. The van der Waals surface area contributed by atoms with Crippen LogP contribution in [-0.4, -0.2) is 42.5 Å². The van der Waals surface area contributed by atoms with Crippen LogP contribution in [0.15, 0.2) is 42.7 Å². The summed E-state index contributed by atoms with van der Waals surface area (Å²) in [6.45, 7) is 1.49.